The number of H-pyrrole nitrogens is 1. The number of hydrogen-bond donors (Lipinski definition) is 2. The third kappa shape index (κ3) is 8.54. The Bertz CT molecular complexity index is 1880. The Morgan fingerprint density at radius 1 is 0.944 bits per heavy atom. The van der Waals surface area contributed by atoms with Crippen LogP contribution in [0.15, 0.2) is 65.9 Å². The van der Waals surface area contributed by atoms with Crippen LogP contribution in [0.2, 0.25) is 0 Å². The second-order valence-corrected chi connectivity index (χ2v) is 16.0. The van der Waals surface area contributed by atoms with E-state index in [1.807, 2.05) is 51.9 Å². The Kier molecular flexibility index (Phi) is 11.6. The van der Waals surface area contributed by atoms with Gasteiger partial charge in [-0.15, -0.1) is 0 Å². The highest BCUT2D eigenvalue weighted by Crippen LogP contribution is 2.37. The van der Waals surface area contributed by atoms with Crippen LogP contribution in [0, 0.1) is 11.8 Å². The van der Waals surface area contributed by atoms with Crippen LogP contribution >= 0.6 is 0 Å². The van der Waals surface area contributed by atoms with E-state index in [1.54, 1.807) is 12.0 Å². The van der Waals surface area contributed by atoms with Crippen LogP contribution in [0.25, 0.3) is 28.0 Å². The number of benzene rings is 2. The number of methoxy groups -OCH3 is 2. The maximum absolute atomic E-state index is 13.8. The average molecular weight is 739 g/mol. The molecule has 0 bridgehead atoms. The summed E-state index contributed by atoms with van der Waals surface area (Å²) in [7, 11) is 2.99. The van der Waals surface area contributed by atoms with E-state index in [-0.39, 0.29) is 42.0 Å². The van der Waals surface area contributed by atoms with Crippen molar-refractivity contribution in [2.75, 3.05) is 27.4 Å². The number of aromatic nitrogens is 2. The van der Waals surface area contributed by atoms with Gasteiger partial charge in [-0.2, -0.15) is 0 Å². The van der Waals surface area contributed by atoms with Crippen molar-refractivity contribution in [1.82, 2.24) is 25.1 Å². The fourth-order valence-electron chi connectivity index (χ4n) is 7.80. The van der Waals surface area contributed by atoms with E-state index in [2.05, 4.69) is 65.8 Å². The van der Waals surface area contributed by atoms with Crippen molar-refractivity contribution in [3.8, 4) is 22.4 Å². The maximum atomic E-state index is 13.8. The number of ether oxygens (including phenoxy) is 3. The highest BCUT2D eigenvalue weighted by Gasteiger charge is 2.42. The van der Waals surface area contributed by atoms with Crippen molar-refractivity contribution in [2.24, 2.45) is 16.8 Å². The molecule has 6 rings (SSSR count). The van der Waals surface area contributed by atoms with E-state index in [0.717, 1.165) is 64.3 Å². The molecule has 0 unspecified atom stereocenters. The first kappa shape index (κ1) is 38.7. The number of likely N-dealkylation sites (tertiary alicyclic amines) is 2. The van der Waals surface area contributed by atoms with Crippen molar-refractivity contribution in [3.63, 3.8) is 0 Å². The second kappa shape index (κ2) is 16.2. The van der Waals surface area contributed by atoms with Crippen molar-refractivity contribution < 1.29 is 28.6 Å². The topological polar surface area (TPSA) is 138 Å². The van der Waals surface area contributed by atoms with Crippen LogP contribution in [0.5, 0.6) is 0 Å². The summed E-state index contributed by atoms with van der Waals surface area (Å²) in [6.07, 6.45) is 5.93. The summed E-state index contributed by atoms with van der Waals surface area (Å²) < 4.78 is 15.9. The van der Waals surface area contributed by atoms with Crippen LogP contribution in [0.3, 0.4) is 0 Å². The molecule has 0 radical (unpaired) electrons. The van der Waals surface area contributed by atoms with Gasteiger partial charge in [0.1, 0.15) is 17.5 Å². The molecule has 3 aromatic rings. The number of nitrogens with one attached hydrogen (secondary N) is 2. The number of alkyl carbamates (subject to hydrolysis) is 1. The predicted molar refractivity (Wildman–Crippen MR) is 209 cm³/mol. The summed E-state index contributed by atoms with van der Waals surface area (Å²) in [5.41, 5.74) is 6.66. The minimum atomic E-state index is -0.670. The largest absolute Gasteiger partial charge is 0.453 e. The highest BCUT2D eigenvalue weighted by molar-refractivity contribution is 6.04. The number of imidazole rings is 1. The highest BCUT2D eigenvalue weighted by atomic mass is 16.6. The minimum absolute atomic E-state index is 0.0478. The summed E-state index contributed by atoms with van der Waals surface area (Å²) in [5, 5.41) is 2.74. The molecule has 0 spiro atoms. The average Bonchev–Trinajstić information content (AvgIpc) is 3.96. The third-order valence-electron chi connectivity index (χ3n) is 10.6. The molecule has 2 N–H and O–H groups in total. The normalized spacial score (nSPS) is 21.9. The molecule has 54 heavy (non-hydrogen) atoms. The molecule has 2 aromatic carbocycles. The van der Waals surface area contributed by atoms with Crippen molar-refractivity contribution in [3.05, 3.63) is 72.3 Å². The molecule has 3 aliphatic heterocycles. The van der Waals surface area contributed by atoms with E-state index in [0.29, 0.717) is 19.6 Å². The molecule has 0 saturated carbocycles. The fourth-order valence-corrected chi connectivity index (χ4v) is 7.80. The number of rotatable bonds is 10. The minimum Gasteiger partial charge on any atom is -0.453 e. The Hall–Kier alpha value is -4.97. The van der Waals surface area contributed by atoms with E-state index in [9.17, 15) is 14.4 Å². The molecule has 3 aliphatic rings. The lowest BCUT2D eigenvalue weighted by molar-refractivity contribution is -0.135. The molecular weight excluding hydrogens is 684 g/mol. The first-order chi connectivity index (χ1) is 25.8. The molecule has 12 nitrogen and oxygen atoms in total. The van der Waals surface area contributed by atoms with Gasteiger partial charge < -0.3 is 29.4 Å². The Morgan fingerprint density at radius 2 is 1.59 bits per heavy atom. The van der Waals surface area contributed by atoms with Crippen molar-refractivity contribution in [1.29, 1.82) is 0 Å². The van der Waals surface area contributed by atoms with Gasteiger partial charge in [-0.25, -0.2) is 14.6 Å². The maximum Gasteiger partial charge on any atom is 0.410 e. The Labute approximate surface area is 318 Å². The molecule has 288 valence electrons. The Balaban J connectivity index is 1.09. The quantitative estimate of drug-likeness (QED) is 0.218. The number of carbonyl (C=O) groups is 3. The van der Waals surface area contributed by atoms with Gasteiger partial charge in [0.25, 0.3) is 0 Å². The molecule has 3 amide bonds. The lowest BCUT2D eigenvalue weighted by Gasteiger charge is -2.33. The zero-order chi connectivity index (χ0) is 38.7. The molecular formula is C42H54N6O6. The Morgan fingerprint density at radius 3 is 2.20 bits per heavy atom. The summed E-state index contributed by atoms with van der Waals surface area (Å²) in [4.78, 5) is 55.6. The standard InChI is InChI=1S/C42H54N6O6/c1-25(2)37(46-40(50)53-8)39(49)48-26(3)9-18-35(48)33-20-32(21-43-33)30-12-10-28(11-13-30)29-14-16-31(17-15-29)34-22-44-38(45-34)36-19-27(24-52-7)23-47(36)41(51)54-42(4,5)6/h10-17,21-22,25-27,35-37H,9,18-20,23-24H2,1-8H3,(H,44,45)(H,46,50)/t26-,27-,35-,36-,37-/m0/s1. The van der Waals surface area contributed by atoms with Crippen molar-refractivity contribution in [2.45, 2.75) is 97.0 Å². The first-order valence-corrected chi connectivity index (χ1v) is 18.9. The monoisotopic (exact) mass is 738 g/mol. The zero-order valence-corrected chi connectivity index (χ0v) is 32.7. The zero-order valence-electron chi connectivity index (χ0n) is 32.7. The van der Waals surface area contributed by atoms with Crippen LogP contribution in [0.4, 0.5) is 9.59 Å². The molecule has 2 fully saturated rings. The molecule has 4 heterocycles. The van der Waals surface area contributed by atoms with Crippen LogP contribution in [-0.2, 0) is 19.0 Å². The van der Waals surface area contributed by atoms with E-state index in [4.69, 9.17) is 24.2 Å². The summed E-state index contributed by atoms with van der Waals surface area (Å²) in [6, 6.07) is 15.9. The lowest BCUT2D eigenvalue weighted by atomic mass is 9.95. The van der Waals surface area contributed by atoms with Crippen LogP contribution in [0.1, 0.15) is 84.7 Å². The number of hydrogen-bond acceptors (Lipinski definition) is 8. The van der Waals surface area contributed by atoms with Gasteiger partial charge in [-0.3, -0.25) is 14.7 Å². The van der Waals surface area contributed by atoms with E-state index < -0.39 is 17.7 Å². The lowest BCUT2D eigenvalue weighted by Crippen LogP contribution is -2.55. The van der Waals surface area contributed by atoms with Gasteiger partial charge in [-0.1, -0.05) is 62.4 Å². The SMILES string of the molecule is COC[C@H]1C[C@@H](c2ncc(-c3ccc(-c4ccc(C5=CN=C([C@@H]6CC[C@H](C)N6C(=O)[C@@H](NC(=O)OC)C(C)C)C5)cc4)cc3)[nH]2)N(C(=O)OC(C)(C)C)C1. The number of nitrogens with zero attached hydrogens (tertiary/aromatic N) is 4. The number of amides is 3. The van der Waals surface area contributed by atoms with Gasteiger partial charge in [-0.05, 0) is 80.7 Å². The summed E-state index contributed by atoms with van der Waals surface area (Å²) in [5.74, 6) is 0.746. The van der Waals surface area contributed by atoms with Crippen molar-refractivity contribution >= 4 is 29.4 Å². The predicted octanol–water partition coefficient (Wildman–Crippen LogP) is 7.63. The van der Waals surface area contributed by atoms with Gasteiger partial charge >= 0.3 is 12.2 Å². The van der Waals surface area contributed by atoms with Crippen LogP contribution < -0.4 is 5.32 Å². The number of aliphatic imine (C=N–C) groups is 1. The van der Waals surface area contributed by atoms with Crippen LogP contribution in [-0.4, -0.2) is 94.7 Å². The first-order valence-electron chi connectivity index (χ1n) is 18.9. The molecule has 0 aliphatic carbocycles. The molecule has 12 heteroatoms. The fraction of sp³-hybridized carbons (Fsp3) is 0.500. The summed E-state index contributed by atoms with van der Waals surface area (Å²) in [6.45, 7) is 12.6. The molecule has 1 aromatic heterocycles. The van der Waals surface area contributed by atoms with Gasteiger partial charge in [0, 0.05) is 43.9 Å². The van der Waals surface area contributed by atoms with Gasteiger partial charge in [0.2, 0.25) is 5.91 Å². The smallest absolute Gasteiger partial charge is 0.410 e. The third-order valence-corrected chi connectivity index (χ3v) is 10.6. The number of aromatic amines is 1. The number of allylic oxidation sites excluding steroid dienone is 1. The second-order valence-electron chi connectivity index (χ2n) is 16.0. The van der Waals surface area contributed by atoms with Gasteiger partial charge in [0.05, 0.1) is 37.7 Å². The van der Waals surface area contributed by atoms with E-state index >= 15 is 0 Å². The summed E-state index contributed by atoms with van der Waals surface area (Å²) >= 11 is 0. The van der Waals surface area contributed by atoms with Gasteiger partial charge in [0.15, 0.2) is 0 Å². The number of carbonyl (C=O) groups excluding carboxylic acids is 3. The molecule has 2 saturated heterocycles. The molecule has 5 atom stereocenters. The van der Waals surface area contributed by atoms with E-state index in [1.165, 1.54) is 7.11 Å².